The standard InChI is InChI=1S/C23H30O2Si/c1-23(2,3)26(20-13-6-4-7-14-20,21-15-8-5-9-16-21)25-18-19-12-10-11-17-22(19)24/h4-9,12-16,22,24H,10-11,17-18H2,1-3H3. The Morgan fingerprint density at radius 3 is 1.96 bits per heavy atom. The second kappa shape index (κ2) is 7.91. The third-order valence-corrected chi connectivity index (χ3v) is 10.4. The van der Waals surface area contributed by atoms with Gasteiger partial charge in [-0.05, 0) is 40.2 Å². The number of rotatable bonds is 5. The van der Waals surface area contributed by atoms with Gasteiger partial charge in [-0.25, -0.2) is 0 Å². The van der Waals surface area contributed by atoms with Crippen molar-refractivity contribution in [2.75, 3.05) is 6.61 Å². The molecule has 0 heterocycles. The van der Waals surface area contributed by atoms with Crippen LogP contribution < -0.4 is 10.4 Å². The second-order valence-electron chi connectivity index (χ2n) is 8.18. The quantitative estimate of drug-likeness (QED) is 0.639. The summed E-state index contributed by atoms with van der Waals surface area (Å²) in [5.41, 5.74) is 1.05. The Morgan fingerprint density at radius 1 is 0.962 bits per heavy atom. The molecule has 0 aliphatic heterocycles. The van der Waals surface area contributed by atoms with Crippen molar-refractivity contribution < 1.29 is 9.53 Å². The van der Waals surface area contributed by atoms with Gasteiger partial charge in [0.15, 0.2) is 0 Å². The van der Waals surface area contributed by atoms with Gasteiger partial charge in [0, 0.05) is 0 Å². The van der Waals surface area contributed by atoms with E-state index in [1.807, 2.05) is 0 Å². The van der Waals surface area contributed by atoms with Crippen LogP contribution in [0.15, 0.2) is 72.3 Å². The van der Waals surface area contributed by atoms with Crippen LogP contribution >= 0.6 is 0 Å². The van der Waals surface area contributed by atoms with E-state index < -0.39 is 8.32 Å². The molecule has 2 nitrogen and oxygen atoms in total. The van der Waals surface area contributed by atoms with E-state index in [4.69, 9.17) is 4.43 Å². The van der Waals surface area contributed by atoms with Gasteiger partial charge in [0.1, 0.15) is 0 Å². The van der Waals surface area contributed by atoms with Gasteiger partial charge in [-0.1, -0.05) is 87.5 Å². The van der Waals surface area contributed by atoms with E-state index in [2.05, 4.69) is 87.5 Å². The molecule has 1 N–H and O–H groups in total. The summed E-state index contributed by atoms with van der Waals surface area (Å²) in [6.45, 7) is 7.36. The lowest BCUT2D eigenvalue weighted by Gasteiger charge is -2.43. The average molecular weight is 367 g/mol. The molecule has 0 bridgehead atoms. The SMILES string of the molecule is CC(C)(C)[Si](OCC1=CCCCC1O)(c1ccccc1)c1ccccc1. The molecule has 0 fully saturated rings. The summed E-state index contributed by atoms with van der Waals surface area (Å²) in [6.07, 6.45) is 4.75. The molecule has 2 aromatic rings. The lowest BCUT2D eigenvalue weighted by Crippen LogP contribution is -2.66. The predicted molar refractivity (Wildman–Crippen MR) is 112 cm³/mol. The Bertz CT molecular complexity index is 692. The Balaban J connectivity index is 2.07. The minimum absolute atomic E-state index is 0.0319. The number of aliphatic hydroxyl groups excluding tert-OH is 1. The molecule has 0 amide bonds. The molecule has 0 radical (unpaired) electrons. The Morgan fingerprint density at radius 2 is 1.50 bits per heavy atom. The first-order chi connectivity index (χ1) is 12.4. The zero-order valence-electron chi connectivity index (χ0n) is 16.1. The summed E-state index contributed by atoms with van der Waals surface area (Å²) in [5.74, 6) is 0. The summed E-state index contributed by atoms with van der Waals surface area (Å²) >= 11 is 0. The Labute approximate surface area is 158 Å². The van der Waals surface area contributed by atoms with Crippen LogP contribution in [0, 0.1) is 0 Å². The van der Waals surface area contributed by atoms with E-state index in [1.165, 1.54) is 10.4 Å². The van der Waals surface area contributed by atoms with Crippen molar-refractivity contribution >= 4 is 18.7 Å². The molecule has 138 valence electrons. The minimum Gasteiger partial charge on any atom is -0.403 e. The van der Waals surface area contributed by atoms with Crippen LogP contribution in [0.3, 0.4) is 0 Å². The number of hydrogen-bond donors (Lipinski definition) is 1. The lowest BCUT2D eigenvalue weighted by atomic mass is 9.97. The van der Waals surface area contributed by atoms with Crippen LogP contribution in [0.2, 0.25) is 5.04 Å². The summed E-state index contributed by atoms with van der Waals surface area (Å²) in [4.78, 5) is 0. The average Bonchev–Trinajstić information content (AvgIpc) is 2.64. The molecular weight excluding hydrogens is 336 g/mol. The Kier molecular flexibility index (Phi) is 5.81. The molecule has 0 aromatic heterocycles. The van der Waals surface area contributed by atoms with Crippen LogP contribution in [0.1, 0.15) is 40.0 Å². The summed E-state index contributed by atoms with van der Waals surface area (Å²) in [6, 6.07) is 21.3. The first-order valence-electron chi connectivity index (χ1n) is 9.57. The number of benzene rings is 2. The normalized spacial score (nSPS) is 18.5. The van der Waals surface area contributed by atoms with Crippen molar-refractivity contribution in [1.29, 1.82) is 0 Å². The molecule has 2 aromatic carbocycles. The van der Waals surface area contributed by atoms with Crippen molar-refractivity contribution in [3.63, 3.8) is 0 Å². The van der Waals surface area contributed by atoms with Gasteiger partial charge in [0.2, 0.25) is 0 Å². The largest absolute Gasteiger partial charge is 0.403 e. The number of hydrogen-bond acceptors (Lipinski definition) is 2. The fraction of sp³-hybridized carbons (Fsp3) is 0.391. The molecule has 0 spiro atoms. The van der Waals surface area contributed by atoms with Crippen molar-refractivity contribution in [2.24, 2.45) is 0 Å². The fourth-order valence-electron chi connectivity index (χ4n) is 4.03. The molecule has 1 aliphatic rings. The highest BCUT2D eigenvalue weighted by Gasteiger charge is 2.50. The molecule has 1 aliphatic carbocycles. The van der Waals surface area contributed by atoms with Crippen molar-refractivity contribution in [3.8, 4) is 0 Å². The van der Waals surface area contributed by atoms with Gasteiger partial charge < -0.3 is 9.53 Å². The maximum Gasteiger partial charge on any atom is 0.261 e. The van der Waals surface area contributed by atoms with Crippen LogP contribution in [0.5, 0.6) is 0 Å². The fourth-order valence-corrected chi connectivity index (χ4v) is 8.57. The Hall–Kier alpha value is -1.68. The zero-order valence-corrected chi connectivity index (χ0v) is 17.1. The van der Waals surface area contributed by atoms with Gasteiger partial charge in [0.05, 0.1) is 12.7 Å². The van der Waals surface area contributed by atoms with Crippen molar-refractivity contribution in [3.05, 3.63) is 72.3 Å². The molecule has 1 unspecified atom stereocenters. The van der Waals surface area contributed by atoms with Crippen LogP contribution in [-0.4, -0.2) is 26.1 Å². The van der Waals surface area contributed by atoms with E-state index in [-0.39, 0.29) is 11.1 Å². The molecule has 3 heteroatoms. The molecule has 3 rings (SSSR count). The lowest BCUT2D eigenvalue weighted by molar-refractivity contribution is 0.171. The second-order valence-corrected chi connectivity index (χ2v) is 12.5. The molecule has 26 heavy (non-hydrogen) atoms. The third-order valence-electron chi connectivity index (χ3n) is 5.39. The molecule has 1 atom stereocenters. The monoisotopic (exact) mass is 366 g/mol. The summed E-state index contributed by atoms with van der Waals surface area (Å²) in [5, 5.41) is 12.9. The maximum absolute atomic E-state index is 10.4. The van der Waals surface area contributed by atoms with E-state index in [0.29, 0.717) is 6.61 Å². The number of allylic oxidation sites excluding steroid dienone is 1. The molecule has 0 saturated heterocycles. The van der Waals surface area contributed by atoms with Crippen molar-refractivity contribution in [2.45, 2.75) is 51.2 Å². The van der Waals surface area contributed by atoms with Gasteiger partial charge in [-0.3, -0.25) is 0 Å². The zero-order chi connectivity index (χ0) is 18.6. The smallest absolute Gasteiger partial charge is 0.261 e. The van der Waals surface area contributed by atoms with E-state index in [1.54, 1.807) is 0 Å². The van der Waals surface area contributed by atoms with Crippen molar-refractivity contribution in [1.82, 2.24) is 0 Å². The van der Waals surface area contributed by atoms with E-state index in [9.17, 15) is 5.11 Å². The summed E-state index contributed by atoms with van der Waals surface area (Å²) in [7, 11) is -2.51. The van der Waals surface area contributed by atoms with Gasteiger partial charge in [-0.15, -0.1) is 0 Å². The van der Waals surface area contributed by atoms with Gasteiger partial charge >= 0.3 is 0 Å². The molecule has 0 saturated carbocycles. The topological polar surface area (TPSA) is 29.5 Å². The highest BCUT2D eigenvalue weighted by atomic mass is 28.4. The summed E-state index contributed by atoms with van der Waals surface area (Å²) < 4.78 is 6.89. The van der Waals surface area contributed by atoms with Gasteiger partial charge in [0.25, 0.3) is 8.32 Å². The molecular formula is C23H30O2Si. The van der Waals surface area contributed by atoms with Crippen LogP contribution in [0.25, 0.3) is 0 Å². The maximum atomic E-state index is 10.4. The third kappa shape index (κ3) is 3.71. The highest BCUT2D eigenvalue weighted by Crippen LogP contribution is 2.37. The van der Waals surface area contributed by atoms with Gasteiger partial charge in [-0.2, -0.15) is 0 Å². The first kappa shape index (κ1) is 19.1. The van der Waals surface area contributed by atoms with Crippen LogP contribution in [-0.2, 0) is 4.43 Å². The number of aliphatic hydroxyl groups is 1. The predicted octanol–water partition coefficient (Wildman–Crippen LogP) is 4.03. The van der Waals surface area contributed by atoms with E-state index >= 15 is 0 Å². The first-order valence-corrected chi connectivity index (χ1v) is 11.5. The highest BCUT2D eigenvalue weighted by molar-refractivity contribution is 6.99. The van der Waals surface area contributed by atoms with Crippen LogP contribution in [0.4, 0.5) is 0 Å². The minimum atomic E-state index is -2.51. The van der Waals surface area contributed by atoms with E-state index in [0.717, 1.165) is 24.8 Å².